The van der Waals surface area contributed by atoms with Gasteiger partial charge in [0.15, 0.2) is 11.0 Å². The molecule has 28 heavy (non-hydrogen) atoms. The third-order valence-corrected chi connectivity index (χ3v) is 5.52. The summed E-state index contributed by atoms with van der Waals surface area (Å²) in [7, 11) is 1.62. The smallest absolute Gasteiger partial charge is 0.234 e. The van der Waals surface area contributed by atoms with Gasteiger partial charge in [0.05, 0.1) is 28.6 Å². The molecule has 3 rings (SSSR count). The molecular formula is C19H18Cl2N4O2S. The number of carbonyl (C=O) groups is 1. The maximum absolute atomic E-state index is 12.3. The fourth-order valence-corrected chi connectivity index (χ4v) is 3.87. The lowest BCUT2D eigenvalue weighted by Crippen LogP contribution is -2.15. The van der Waals surface area contributed by atoms with Crippen LogP contribution in [-0.2, 0) is 11.3 Å². The highest BCUT2D eigenvalue weighted by molar-refractivity contribution is 7.99. The summed E-state index contributed by atoms with van der Waals surface area (Å²) in [6, 6.07) is 12.7. The first kappa shape index (κ1) is 20.5. The number of carbonyl (C=O) groups excluding carboxylic acids is 1. The van der Waals surface area contributed by atoms with Crippen LogP contribution in [0.1, 0.15) is 6.92 Å². The van der Waals surface area contributed by atoms with E-state index in [1.54, 1.807) is 25.3 Å². The summed E-state index contributed by atoms with van der Waals surface area (Å²) in [5, 5.41) is 12.7. The predicted molar refractivity (Wildman–Crippen MR) is 113 cm³/mol. The molecule has 0 aliphatic carbocycles. The molecular weight excluding hydrogens is 419 g/mol. The number of hydrogen-bond acceptors (Lipinski definition) is 5. The van der Waals surface area contributed by atoms with E-state index in [4.69, 9.17) is 27.9 Å². The largest absolute Gasteiger partial charge is 0.497 e. The summed E-state index contributed by atoms with van der Waals surface area (Å²) >= 11 is 13.5. The number of thioether (sulfide) groups is 1. The Morgan fingerprint density at radius 3 is 2.57 bits per heavy atom. The fraction of sp³-hybridized carbons (Fsp3) is 0.211. The van der Waals surface area contributed by atoms with E-state index in [1.807, 2.05) is 35.8 Å². The van der Waals surface area contributed by atoms with Crippen molar-refractivity contribution in [2.24, 2.45) is 0 Å². The number of nitrogens with zero attached hydrogens (tertiary/aromatic N) is 3. The number of hydrogen-bond donors (Lipinski definition) is 1. The summed E-state index contributed by atoms with van der Waals surface area (Å²) in [5.41, 5.74) is 1.30. The number of halogens is 2. The second-order valence-corrected chi connectivity index (χ2v) is 7.47. The van der Waals surface area contributed by atoms with Crippen molar-refractivity contribution in [1.82, 2.24) is 14.8 Å². The van der Waals surface area contributed by atoms with Crippen LogP contribution < -0.4 is 10.1 Å². The van der Waals surface area contributed by atoms with Gasteiger partial charge in [-0.1, -0.05) is 53.2 Å². The second-order valence-electron chi connectivity index (χ2n) is 5.72. The van der Waals surface area contributed by atoms with Gasteiger partial charge in [0.25, 0.3) is 0 Å². The summed E-state index contributed by atoms with van der Waals surface area (Å²) in [4.78, 5) is 12.3. The van der Waals surface area contributed by atoms with Gasteiger partial charge >= 0.3 is 0 Å². The lowest BCUT2D eigenvalue weighted by molar-refractivity contribution is -0.113. The van der Waals surface area contributed by atoms with E-state index in [-0.39, 0.29) is 11.7 Å². The Kier molecular flexibility index (Phi) is 6.83. The highest BCUT2D eigenvalue weighted by atomic mass is 35.5. The van der Waals surface area contributed by atoms with Gasteiger partial charge in [-0.3, -0.25) is 4.79 Å². The monoisotopic (exact) mass is 436 g/mol. The number of methoxy groups -OCH3 is 1. The average molecular weight is 437 g/mol. The number of amides is 1. The molecule has 0 aliphatic rings. The van der Waals surface area contributed by atoms with Gasteiger partial charge in [-0.2, -0.15) is 0 Å². The molecule has 0 unspecified atom stereocenters. The Bertz CT molecular complexity index is 974. The molecule has 0 atom stereocenters. The summed E-state index contributed by atoms with van der Waals surface area (Å²) in [5.74, 6) is 1.39. The first-order valence-electron chi connectivity index (χ1n) is 8.47. The molecule has 0 aliphatic heterocycles. The Labute approximate surface area is 177 Å². The van der Waals surface area contributed by atoms with Gasteiger partial charge in [0, 0.05) is 12.1 Å². The number of rotatable bonds is 7. The molecule has 3 aromatic rings. The van der Waals surface area contributed by atoms with Gasteiger partial charge in [-0.05, 0) is 31.2 Å². The van der Waals surface area contributed by atoms with Crippen LogP contribution in [0.4, 0.5) is 5.69 Å². The average Bonchev–Trinajstić information content (AvgIpc) is 3.12. The first-order chi connectivity index (χ1) is 13.5. The maximum Gasteiger partial charge on any atom is 0.234 e. The van der Waals surface area contributed by atoms with Crippen LogP contribution in [0.15, 0.2) is 47.6 Å². The summed E-state index contributed by atoms with van der Waals surface area (Å²) in [6.45, 7) is 2.67. The van der Waals surface area contributed by atoms with Crippen molar-refractivity contribution >= 4 is 46.6 Å². The molecule has 0 radical (unpaired) electrons. The van der Waals surface area contributed by atoms with Crippen molar-refractivity contribution in [3.8, 4) is 17.1 Å². The predicted octanol–water partition coefficient (Wildman–Crippen LogP) is 5.01. The SMILES string of the molecule is CCn1c(SCC(=O)Nc2c(Cl)cccc2Cl)nnc1-c1cccc(OC)c1. The standard InChI is InChI=1S/C19H18Cl2N4O2S/c1-3-25-18(12-6-4-7-13(10-12)27-2)23-24-19(25)28-11-16(26)22-17-14(20)8-5-9-15(17)21/h4-10H,3,11H2,1-2H3,(H,22,26). The topological polar surface area (TPSA) is 69.0 Å². The number of ether oxygens (including phenoxy) is 1. The minimum Gasteiger partial charge on any atom is -0.497 e. The van der Waals surface area contributed by atoms with Gasteiger partial charge in [0.2, 0.25) is 5.91 Å². The van der Waals surface area contributed by atoms with Crippen LogP contribution in [0, 0.1) is 0 Å². The molecule has 0 fully saturated rings. The van der Waals surface area contributed by atoms with Gasteiger partial charge in [0.1, 0.15) is 5.75 Å². The molecule has 0 saturated heterocycles. The molecule has 0 spiro atoms. The number of aromatic nitrogens is 3. The highest BCUT2D eigenvalue weighted by Crippen LogP contribution is 2.30. The molecule has 2 aromatic carbocycles. The van der Waals surface area contributed by atoms with Gasteiger partial charge in [-0.25, -0.2) is 0 Å². The molecule has 0 saturated carbocycles. The lowest BCUT2D eigenvalue weighted by atomic mass is 10.2. The van der Waals surface area contributed by atoms with Crippen molar-refractivity contribution in [1.29, 1.82) is 0 Å². The highest BCUT2D eigenvalue weighted by Gasteiger charge is 2.16. The maximum atomic E-state index is 12.3. The molecule has 1 aromatic heterocycles. The van der Waals surface area contributed by atoms with Crippen LogP contribution in [0.3, 0.4) is 0 Å². The molecule has 1 heterocycles. The Balaban J connectivity index is 1.73. The first-order valence-corrected chi connectivity index (χ1v) is 10.2. The van der Waals surface area contributed by atoms with Crippen LogP contribution in [0.5, 0.6) is 5.75 Å². The zero-order chi connectivity index (χ0) is 20.1. The third kappa shape index (κ3) is 4.60. The Morgan fingerprint density at radius 2 is 1.89 bits per heavy atom. The van der Waals surface area contributed by atoms with Crippen molar-refractivity contribution in [2.45, 2.75) is 18.6 Å². The van der Waals surface area contributed by atoms with Crippen LogP contribution in [0.25, 0.3) is 11.4 Å². The molecule has 1 N–H and O–H groups in total. The van der Waals surface area contributed by atoms with Crippen molar-refractivity contribution < 1.29 is 9.53 Å². The van der Waals surface area contributed by atoms with E-state index < -0.39 is 0 Å². The van der Waals surface area contributed by atoms with E-state index in [0.717, 1.165) is 17.1 Å². The molecule has 146 valence electrons. The quantitative estimate of drug-likeness (QED) is 0.527. The van der Waals surface area contributed by atoms with E-state index in [0.29, 0.717) is 27.4 Å². The summed E-state index contributed by atoms with van der Waals surface area (Å²) in [6.07, 6.45) is 0. The molecule has 1 amide bonds. The molecule has 9 heteroatoms. The minimum atomic E-state index is -0.228. The van der Waals surface area contributed by atoms with Crippen molar-refractivity contribution in [3.63, 3.8) is 0 Å². The van der Waals surface area contributed by atoms with E-state index in [2.05, 4.69) is 15.5 Å². The number of nitrogens with one attached hydrogen (secondary N) is 1. The minimum absolute atomic E-state index is 0.151. The van der Waals surface area contributed by atoms with Crippen molar-refractivity contribution in [3.05, 3.63) is 52.5 Å². The zero-order valence-corrected chi connectivity index (χ0v) is 17.6. The zero-order valence-electron chi connectivity index (χ0n) is 15.3. The van der Waals surface area contributed by atoms with E-state index >= 15 is 0 Å². The molecule has 0 bridgehead atoms. The number of anilines is 1. The van der Waals surface area contributed by atoms with Crippen LogP contribution in [-0.4, -0.2) is 33.5 Å². The Hall–Kier alpha value is -2.22. The normalized spacial score (nSPS) is 10.7. The number of benzene rings is 2. The fourth-order valence-electron chi connectivity index (χ4n) is 2.58. The number of para-hydroxylation sites is 1. The van der Waals surface area contributed by atoms with E-state index in [9.17, 15) is 4.79 Å². The third-order valence-electron chi connectivity index (χ3n) is 3.92. The van der Waals surface area contributed by atoms with Crippen LogP contribution in [0.2, 0.25) is 10.0 Å². The Morgan fingerprint density at radius 1 is 1.18 bits per heavy atom. The van der Waals surface area contributed by atoms with Gasteiger partial charge < -0.3 is 14.6 Å². The summed E-state index contributed by atoms with van der Waals surface area (Å²) < 4.78 is 7.23. The molecule has 6 nitrogen and oxygen atoms in total. The van der Waals surface area contributed by atoms with Gasteiger partial charge in [-0.15, -0.1) is 10.2 Å². The van der Waals surface area contributed by atoms with E-state index in [1.165, 1.54) is 11.8 Å². The van der Waals surface area contributed by atoms with Crippen molar-refractivity contribution in [2.75, 3.05) is 18.2 Å². The lowest BCUT2D eigenvalue weighted by Gasteiger charge is -2.10. The van der Waals surface area contributed by atoms with Crippen LogP contribution >= 0.6 is 35.0 Å². The second kappa shape index (κ2) is 9.32.